The molecule has 0 saturated heterocycles. The van der Waals surface area contributed by atoms with Crippen LogP contribution in [-0.4, -0.2) is 34.5 Å². The van der Waals surface area contributed by atoms with Gasteiger partial charge in [0, 0.05) is 18.5 Å². The van der Waals surface area contributed by atoms with Crippen LogP contribution >= 0.6 is 0 Å². The lowest BCUT2D eigenvalue weighted by Gasteiger charge is -2.25. The number of benzene rings is 3. The lowest BCUT2D eigenvalue weighted by atomic mass is 10.1. The summed E-state index contributed by atoms with van der Waals surface area (Å²) in [4.78, 5) is 12.6. The number of carbonyl (C=O) groups excluding carboxylic acids is 1. The molecule has 7 heteroatoms. The molecule has 0 saturated carbocycles. The summed E-state index contributed by atoms with van der Waals surface area (Å²) in [5, 5.41) is 2.73. The van der Waals surface area contributed by atoms with Gasteiger partial charge in [0.1, 0.15) is 5.75 Å². The van der Waals surface area contributed by atoms with Crippen LogP contribution in [0.15, 0.2) is 77.7 Å². The molecule has 176 valence electrons. The maximum atomic E-state index is 13.5. The quantitative estimate of drug-likeness (QED) is 0.498. The van der Waals surface area contributed by atoms with Crippen molar-refractivity contribution in [1.29, 1.82) is 0 Å². The fourth-order valence-corrected chi connectivity index (χ4v) is 4.79. The summed E-state index contributed by atoms with van der Waals surface area (Å²) in [6.45, 7) is 3.97. The van der Waals surface area contributed by atoms with E-state index in [2.05, 4.69) is 17.2 Å². The molecule has 0 radical (unpaired) electrons. The van der Waals surface area contributed by atoms with Gasteiger partial charge >= 0.3 is 0 Å². The lowest BCUT2D eigenvalue weighted by molar-refractivity contribution is -0.120. The lowest BCUT2D eigenvalue weighted by Crippen LogP contribution is -2.35. The normalized spacial score (nSPS) is 10.7. The van der Waals surface area contributed by atoms with Gasteiger partial charge in [-0.1, -0.05) is 36.1 Å². The second-order valence-electron chi connectivity index (χ2n) is 7.72. The highest BCUT2D eigenvalue weighted by Gasteiger charge is 2.26. The molecule has 0 aliphatic carbocycles. The van der Waals surface area contributed by atoms with Crippen LogP contribution in [0.5, 0.6) is 5.75 Å². The van der Waals surface area contributed by atoms with Gasteiger partial charge in [0.15, 0.2) is 0 Å². The topological polar surface area (TPSA) is 75.7 Å². The molecular formula is C27H28N2O4S. The molecule has 0 aliphatic heterocycles. The number of hydrogen-bond donors (Lipinski definition) is 1. The van der Waals surface area contributed by atoms with Crippen LogP contribution in [0.2, 0.25) is 0 Å². The Bertz CT molecular complexity index is 1290. The van der Waals surface area contributed by atoms with Crippen LogP contribution in [-0.2, 0) is 14.8 Å². The standard InChI is InChI=1S/C27H28N2O4S/c1-21-11-16-26(20-22(21)2)34(31,32)29(24-12-14-25(33-3)15-13-24)19-17-27(30)28-18-7-10-23-8-5-4-6-9-23/h4-6,8-9,11-16,20H,17-19H2,1-3H3,(H,28,30). The monoisotopic (exact) mass is 476 g/mol. The summed E-state index contributed by atoms with van der Waals surface area (Å²) in [5.41, 5.74) is 3.20. The van der Waals surface area contributed by atoms with Gasteiger partial charge in [-0.25, -0.2) is 8.42 Å². The fourth-order valence-electron chi connectivity index (χ4n) is 3.24. The average Bonchev–Trinajstić information content (AvgIpc) is 2.84. The molecule has 34 heavy (non-hydrogen) atoms. The van der Waals surface area contributed by atoms with Gasteiger partial charge in [0.05, 0.1) is 24.2 Å². The Morgan fingerprint density at radius 1 is 0.971 bits per heavy atom. The van der Waals surface area contributed by atoms with Crippen LogP contribution in [0, 0.1) is 25.7 Å². The van der Waals surface area contributed by atoms with Crippen LogP contribution in [0.25, 0.3) is 0 Å². The summed E-state index contributed by atoms with van der Waals surface area (Å²) in [6, 6.07) is 21.2. The molecule has 0 unspecified atom stereocenters. The summed E-state index contributed by atoms with van der Waals surface area (Å²) < 4.78 is 33.5. The van der Waals surface area contributed by atoms with Gasteiger partial charge in [-0.2, -0.15) is 0 Å². The molecule has 0 bridgehead atoms. The van der Waals surface area contributed by atoms with Crippen molar-refractivity contribution >= 4 is 21.6 Å². The van der Waals surface area contributed by atoms with Gasteiger partial charge in [0.25, 0.3) is 10.0 Å². The predicted molar refractivity (Wildman–Crippen MR) is 134 cm³/mol. The molecule has 1 N–H and O–H groups in total. The summed E-state index contributed by atoms with van der Waals surface area (Å²) >= 11 is 0. The summed E-state index contributed by atoms with van der Waals surface area (Å²) in [6.07, 6.45) is -0.0108. The van der Waals surface area contributed by atoms with E-state index < -0.39 is 10.0 Å². The fraction of sp³-hybridized carbons (Fsp3) is 0.222. The second kappa shape index (κ2) is 11.4. The number of amides is 1. The Kier molecular flexibility index (Phi) is 8.34. The number of nitrogens with one attached hydrogen (secondary N) is 1. The highest BCUT2D eigenvalue weighted by Crippen LogP contribution is 2.27. The van der Waals surface area contributed by atoms with Crippen molar-refractivity contribution in [2.24, 2.45) is 0 Å². The Morgan fingerprint density at radius 3 is 2.32 bits per heavy atom. The molecule has 3 aromatic rings. The SMILES string of the molecule is COc1ccc(N(CCC(=O)NCC#Cc2ccccc2)S(=O)(=O)c2ccc(C)c(C)c2)cc1. The Hall–Kier alpha value is -3.76. The third-order valence-electron chi connectivity index (χ3n) is 5.35. The van der Waals surface area contributed by atoms with E-state index in [9.17, 15) is 13.2 Å². The molecular weight excluding hydrogens is 448 g/mol. The maximum Gasteiger partial charge on any atom is 0.264 e. The number of ether oxygens (including phenoxy) is 1. The third kappa shape index (κ3) is 6.40. The van der Waals surface area contributed by atoms with Gasteiger partial charge < -0.3 is 10.1 Å². The highest BCUT2D eigenvalue weighted by atomic mass is 32.2. The van der Waals surface area contributed by atoms with E-state index in [-0.39, 0.29) is 30.3 Å². The van der Waals surface area contributed by atoms with Crippen molar-refractivity contribution in [3.8, 4) is 17.6 Å². The number of rotatable bonds is 8. The highest BCUT2D eigenvalue weighted by molar-refractivity contribution is 7.92. The minimum absolute atomic E-state index is 0.0108. The number of aryl methyl sites for hydroxylation is 2. The first-order chi connectivity index (χ1) is 16.3. The minimum atomic E-state index is -3.89. The van der Waals surface area contributed by atoms with Gasteiger partial charge in [-0.3, -0.25) is 9.10 Å². The molecule has 0 aliphatic rings. The molecule has 3 rings (SSSR count). The van der Waals surface area contributed by atoms with E-state index >= 15 is 0 Å². The molecule has 3 aromatic carbocycles. The van der Waals surface area contributed by atoms with Crippen LogP contribution in [0.4, 0.5) is 5.69 Å². The first-order valence-electron chi connectivity index (χ1n) is 10.9. The average molecular weight is 477 g/mol. The third-order valence-corrected chi connectivity index (χ3v) is 7.17. The van der Waals surface area contributed by atoms with Crippen molar-refractivity contribution in [2.45, 2.75) is 25.2 Å². The minimum Gasteiger partial charge on any atom is -0.497 e. The number of methoxy groups -OCH3 is 1. The Morgan fingerprint density at radius 2 is 1.68 bits per heavy atom. The van der Waals surface area contributed by atoms with Crippen LogP contribution < -0.4 is 14.4 Å². The molecule has 0 spiro atoms. The van der Waals surface area contributed by atoms with Gasteiger partial charge in [-0.05, 0) is 73.5 Å². The van der Waals surface area contributed by atoms with E-state index in [0.717, 1.165) is 16.7 Å². The number of carbonyl (C=O) groups is 1. The zero-order valence-electron chi connectivity index (χ0n) is 19.5. The summed E-state index contributed by atoms with van der Waals surface area (Å²) in [5.74, 6) is 6.21. The van der Waals surface area contributed by atoms with E-state index in [0.29, 0.717) is 11.4 Å². The van der Waals surface area contributed by atoms with E-state index in [4.69, 9.17) is 4.74 Å². The Labute approximate surface area is 201 Å². The Balaban J connectivity index is 1.75. The molecule has 0 aromatic heterocycles. The summed E-state index contributed by atoms with van der Waals surface area (Å²) in [7, 11) is -2.34. The molecule has 1 amide bonds. The van der Waals surface area contributed by atoms with E-state index in [1.54, 1.807) is 49.6 Å². The van der Waals surface area contributed by atoms with Crippen molar-refractivity contribution in [1.82, 2.24) is 5.32 Å². The largest absolute Gasteiger partial charge is 0.497 e. The van der Waals surface area contributed by atoms with Crippen LogP contribution in [0.3, 0.4) is 0 Å². The number of hydrogen-bond acceptors (Lipinski definition) is 4. The zero-order chi connectivity index (χ0) is 24.6. The number of anilines is 1. The maximum absolute atomic E-state index is 13.5. The molecule has 0 heterocycles. The van der Waals surface area contributed by atoms with Crippen molar-refractivity contribution in [3.63, 3.8) is 0 Å². The second-order valence-corrected chi connectivity index (χ2v) is 9.58. The van der Waals surface area contributed by atoms with Gasteiger partial charge in [-0.15, -0.1) is 0 Å². The van der Waals surface area contributed by atoms with Gasteiger partial charge in [0.2, 0.25) is 5.91 Å². The molecule has 0 atom stereocenters. The van der Waals surface area contributed by atoms with Crippen molar-refractivity contribution in [2.75, 3.05) is 24.5 Å². The first-order valence-corrected chi connectivity index (χ1v) is 12.3. The van der Waals surface area contributed by atoms with Crippen molar-refractivity contribution < 1.29 is 17.9 Å². The molecule has 6 nitrogen and oxygen atoms in total. The predicted octanol–water partition coefficient (Wildman–Crippen LogP) is 4.07. The van der Waals surface area contributed by atoms with Crippen molar-refractivity contribution in [3.05, 3.63) is 89.5 Å². The van der Waals surface area contributed by atoms with E-state index in [1.165, 1.54) is 4.31 Å². The number of sulfonamides is 1. The van der Waals surface area contributed by atoms with E-state index in [1.807, 2.05) is 44.2 Å². The number of nitrogens with zero attached hydrogens (tertiary/aromatic N) is 1. The zero-order valence-corrected chi connectivity index (χ0v) is 20.4. The smallest absolute Gasteiger partial charge is 0.264 e. The molecule has 0 fully saturated rings. The van der Waals surface area contributed by atoms with Crippen LogP contribution in [0.1, 0.15) is 23.1 Å². The first kappa shape index (κ1) is 24.9.